The van der Waals surface area contributed by atoms with E-state index in [2.05, 4.69) is 111 Å². The van der Waals surface area contributed by atoms with Crippen molar-refractivity contribution in [2.75, 3.05) is 47.5 Å². The maximum absolute atomic E-state index is 12.9. The minimum absolute atomic E-state index is 0.184. The van der Waals surface area contributed by atoms with Crippen molar-refractivity contribution in [1.82, 2.24) is 0 Å². The van der Waals surface area contributed by atoms with Crippen molar-refractivity contribution >= 4 is 17.9 Å². The number of carboxylic acids is 1. The second-order valence-electron chi connectivity index (χ2n) is 23.4. The highest BCUT2D eigenvalue weighted by Crippen LogP contribution is 2.17. The van der Waals surface area contributed by atoms with Gasteiger partial charge in [0, 0.05) is 12.8 Å². The zero-order valence-electron chi connectivity index (χ0n) is 53.2. The molecule has 466 valence electrons. The number of rotatable bonds is 61. The van der Waals surface area contributed by atoms with Gasteiger partial charge >= 0.3 is 17.9 Å². The average molecular weight is 1130 g/mol. The first kappa shape index (κ1) is 77.2. The molecule has 0 aromatic rings. The molecule has 0 radical (unpaired) electrons. The standard InChI is InChI=1S/C72H125NO8/c1-6-8-10-12-14-16-18-20-22-24-26-28-30-32-34-35-37-38-40-42-44-46-48-50-52-54-56-58-60-62-69(74)79-66-68(67-80-72(71(76)77)78-65-64-73(3,4)5)81-70(75)63-61-59-57-55-53-51-49-47-45-43-41-39-36-33-31-29-27-25-23-21-19-17-15-13-11-9-7-2/h9,11,15,17-18,20-21,23-24,26-27,29-30,32-33,36,68,72H,6-8,10,12-14,16,19,22,25,28,31,34-35,37-67H2,1-5H3/p+1/b11-9-,17-15-,20-18-,23-21-,26-24-,29-27-,32-30-,36-33-. The molecular formula is C72H126NO8+. The number of carboxylic acid groups (broad SMARTS) is 1. The van der Waals surface area contributed by atoms with Crippen LogP contribution in [-0.2, 0) is 33.3 Å². The smallest absolute Gasteiger partial charge is 0.361 e. The zero-order valence-corrected chi connectivity index (χ0v) is 53.2. The number of quaternary nitrogens is 1. The molecule has 0 aromatic heterocycles. The van der Waals surface area contributed by atoms with Crippen LogP contribution in [0, 0.1) is 0 Å². The van der Waals surface area contributed by atoms with Gasteiger partial charge in [-0.25, -0.2) is 4.79 Å². The number of hydrogen-bond donors (Lipinski definition) is 1. The minimum atomic E-state index is -1.52. The van der Waals surface area contributed by atoms with E-state index in [1.54, 1.807) is 0 Å². The van der Waals surface area contributed by atoms with Gasteiger partial charge in [-0.3, -0.25) is 9.59 Å². The van der Waals surface area contributed by atoms with Crippen LogP contribution in [0.4, 0.5) is 0 Å². The van der Waals surface area contributed by atoms with Gasteiger partial charge in [-0.1, -0.05) is 272 Å². The molecule has 2 atom stereocenters. The number of carbonyl (C=O) groups is 3. The molecule has 9 nitrogen and oxygen atoms in total. The van der Waals surface area contributed by atoms with Gasteiger partial charge < -0.3 is 28.5 Å². The third-order valence-corrected chi connectivity index (χ3v) is 14.3. The number of ether oxygens (including phenoxy) is 4. The lowest BCUT2D eigenvalue weighted by molar-refractivity contribution is -0.870. The predicted octanol–water partition coefficient (Wildman–Crippen LogP) is 20.5. The fourth-order valence-corrected chi connectivity index (χ4v) is 9.23. The van der Waals surface area contributed by atoms with E-state index < -0.39 is 24.3 Å². The molecule has 0 rings (SSSR count). The largest absolute Gasteiger partial charge is 0.477 e. The summed E-state index contributed by atoms with van der Waals surface area (Å²) in [6.07, 6.45) is 82.1. The van der Waals surface area contributed by atoms with Crippen LogP contribution in [0.1, 0.15) is 284 Å². The van der Waals surface area contributed by atoms with Crippen molar-refractivity contribution in [3.8, 4) is 0 Å². The summed E-state index contributed by atoms with van der Waals surface area (Å²) in [4.78, 5) is 37.6. The molecule has 0 aliphatic carbocycles. The Morgan fingerprint density at radius 3 is 1.05 bits per heavy atom. The highest BCUT2D eigenvalue weighted by Gasteiger charge is 2.25. The highest BCUT2D eigenvalue weighted by molar-refractivity contribution is 5.71. The Morgan fingerprint density at radius 1 is 0.383 bits per heavy atom. The maximum Gasteiger partial charge on any atom is 0.361 e. The van der Waals surface area contributed by atoms with E-state index in [0.29, 0.717) is 23.9 Å². The van der Waals surface area contributed by atoms with Gasteiger partial charge in [0.1, 0.15) is 13.2 Å². The summed E-state index contributed by atoms with van der Waals surface area (Å²) >= 11 is 0. The van der Waals surface area contributed by atoms with Crippen molar-refractivity contribution in [3.63, 3.8) is 0 Å². The molecule has 0 heterocycles. The number of likely N-dealkylation sites (N-methyl/N-ethyl adjacent to an activating group) is 1. The van der Waals surface area contributed by atoms with Crippen LogP contribution in [0.15, 0.2) is 97.2 Å². The second kappa shape index (κ2) is 62.3. The lowest BCUT2D eigenvalue weighted by Gasteiger charge is -2.25. The van der Waals surface area contributed by atoms with Crippen LogP contribution >= 0.6 is 0 Å². The summed E-state index contributed by atoms with van der Waals surface area (Å²) in [6, 6.07) is 0. The van der Waals surface area contributed by atoms with Gasteiger partial charge in [0.05, 0.1) is 34.4 Å². The molecule has 1 N–H and O–H groups in total. The fourth-order valence-electron chi connectivity index (χ4n) is 9.23. The lowest BCUT2D eigenvalue weighted by atomic mass is 10.0. The molecule has 9 heteroatoms. The molecule has 0 aliphatic rings. The number of nitrogens with zero attached hydrogens (tertiary/aromatic N) is 1. The van der Waals surface area contributed by atoms with E-state index >= 15 is 0 Å². The molecular weight excluding hydrogens is 1010 g/mol. The molecule has 81 heavy (non-hydrogen) atoms. The first-order valence-electron chi connectivity index (χ1n) is 33.4. The summed E-state index contributed by atoms with van der Waals surface area (Å²) in [5.74, 6) is -2.01. The molecule has 0 bridgehead atoms. The van der Waals surface area contributed by atoms with Gasteiger partial charge in [0.15, 0.2) is 6.10 Å². The van der Waals surface area contributed by atoms with Crippen molar-refractivity contribution in [2.24, 2.45) is 0 Å². The van der Waals surface area contributed by atoms with Crippen molar-refractivity contribution in [2.45, 2.75) is 296 Å². The number of aliphatic carboxylic acids is 1. The molecule has 0 amide bonds. The SMILES string of the molecule is CC/C=C\C/C=C\C/C=C\C/C=C\C/C=C\CCCCCCCCCCCCCC(=O)OC(COC(=O)CCCCCCCCCCCCCCCC/C=C\C/C=C\C/C=C\CCCCCCC)COC(OCC[N+](C)(C)C)C(=O)O. The van der Waals surface area contributed by atoms with E-state index in [4.69, 9.17) is 18.9 Å². The second-order valence-corrected chi connectivity index (χ2v) is 23.4. The minimum Gasteiger partial charge on any atom is -0.477 e. The molecule has 0 saturated heterocycles. The van der Waals surface area contributed by atoms with E-state index in [1.807, 2.05) is 21.1 Å². The van der Waals surface area contributed by atoms with Crippen LogP contribution < -0.4 is 0 Å². The summed E-state index contributed by atoms with van der Waals surface area (Å²) in [6.45, 7) is 4.77. The Bertz CT molecular complexity index is 1650. The fraction of sp³-hybridized carbons (Fsp3) is 0.736. The van der Waals surface area contributed by atoms with Gasteiger partial charge in [-0.2, -0.15) is 0 Å². The number of carbonyl (C=O) groups excluding carboxylic acids is 2. The van der Waals surface area contributed by atoms with Crippen molar-refractivity contribution < 1.29 is 42.9 Å². The number of esters is 2. The van der Waals surface area contributed by atoms with Crippen LogP contribution in [-0.4, -0.2) is 87.4 Å². The number of hydrogen-bond acceptors (Lipinski definition) is 7. The first-order valence-corrected chi connectivity index (χ1v) is 33.4. The van der Waals surface area contributed by atoms with Crippen LogP contribution in [0.2, 0.25) is 0 Å². The predicted molar refractivity (Wildman–Crippen MR) is 345 cm³/mol. The third kappa shape index (κ3) is 63.6. The van der Waals surface area contributed by atoms with E-state index in [1.165, 1.54) is 161 Å². The van der Waals surface area contributed by atoms with Gasteiger partial charge in [0.25, 0.3) is 6.29 Å². The average Bonchev–Trinajstić information content (AvgIpc) is 3.44. The molecule has 0 aliphatic heterocycles. The zero-order chi connectivity index (χ0) is 59.1. The Hall–Kier alpha value is -3.79. The van der Waals surface area contributed by atoms with Gasteiger partial charge in [-0.15, -0.1) is 0 Å². The lowest BCUT2D eigenvalue weighted by Crippen LogP contribution is -2.40. The third-order valence-electron chi connectivity index (χ3n) is 14.3. The van der Waals surface area contributed by atoms with Crippen molar-refractivity contribution in [1.29, 1.82) is 0 Å². The molecule has 0 fully saturated rings. The van der Waals surface area contributed by atoms with E-state index in [0.717, 1.165) is 89.9 Å². The van der Waals surface area contributed by atoms with Crippen LogP contribution in [0.25, 0.3) is 0 Å². The monoisotopic (exact) mass is 1130 g/mol. The van der Waals surface area contributed by atoms with E-state index in [-0.39, 0.29) is 32.2 Å². The summed E-state index contributed by atoms with van der Waals surface area (Å²) in [5, 5.41) is 9.74. The molecule has 2 unspecified atom stereocenters. The Balaban J connectivity index is 4.16. The van der Waals surface area contributed by atoms with Crippen LogP contribution in [0.3, 0.4) is 0 Å². The summed E-state index contributed by atoms with van der Waals surface area (Å²) in [7, 11) is 5.97. The van der Waals surface area contributed by atoms with Crippen molar-refractivity contribution in [3.05, 3.63) is 97.2 Å². The normalized spacial score (nSPS) is 13.3. The number of unbranched alkanes of at least 4 members (excludes halogenated alkanes) is 30. The Labute approximate surface area is 499 Å². The van der Waals surface area contributed by atoms with Crippen LogP contribution in [0.5, 0.6) is 0 Å². The first-order chi connectivity index (χ1) is 39.6. The van der Waals surface area contributed by atoms with Gasteiger partial charge in [0.2, 0.25) is 0 Å². The van der Waals surface area contributed by atoms with Gasteiger partial charge in [-0.05, 0) is 96.3 Å². The molecule has 0 spiro atoms. The summed E-state index contributed by atoms with van der Waals surface area (Å²) in [5.41, 5.74) is 0. The number of allylic oxidation sites excluding steroid dienone is 16. The Morgan fingerprint density at radius 2 is 0.704 bits per heavy atom. The topological polar surface area (TPSA) is 108 Å². The quantitative estimate of drug-likeness (QED) is 0.0211. The molecule has 0 saturated carbocycles. The highest BCUT2D eigenvalue weighted by atomic mass is 16.7. The molecule has 0 aromatic carbocycles. The Kier molecular flexibility index (Phi) is 59.3. The maximum atomic E-state index is 12.9. The van der Waals surface area contributed by atoms with E-state index in [9.17, 15) is 19.5 Å². The summed E-state index contributed by atoms with van der Waals surface area (Å²) < 4.78 is 23.0.